The second-order valence-corrected chi connectivity index (χ2v) is 6.02. The van der Waals surface area contributed by atoms with Gasteiger partial charge in [0.2, 0.25) is 5.91 Å². The molecule has 0 radical (unpaired) electrons. The normalized spacial score (nSPS) is 15.0. The van der Waals surface area contributed by atoms with Gasteiger partial charge in [-0.25, -0.2) is 4.39 Å². The molecule has 0 saturated carbocycles. The first-order valence-corrected chi connectivity index (χ1v) is 8.31. The number of methoxy groups -OCH3 is 1. The zero-order chi connectivity index (χ0) is 17.6. The Bertz CT molecular complexity index is 713. The van der Waals surface area contributed by atoms with E-state index in [1.54, 1.807) is 19.2 Å². The van der Waals surface area contributed by atoms with Crippen LogP contribution in [0.25, 0.3) is 0 Å². The molecule has 25 heavy (non-hydrogen) atoms. The quantitative estimate of drug-likeness (QED) is 0.906. The first-order chi connectivity index (χ1) is 12.1. The SMILES string of the molecule is COc1ccc(N2CCN(CC(=O)Nc3cccc(F)c3)CC2)cc1. The van der Waals surface area contributed by atoms with E-state index in [2.05, 4.69) is 15.1 Å². The Morgan fingerprint density at radius 3 is 2.48 bits per heavy atom. The molecule has 1 fully saturated rings. The van der Waals surface area contributed by atoms with E-state index in [4.69, 9.17) is 4.74 Å². The molecule has 0 aromatic heterocycles. The first kappa shape index (κ1) is 17.2. The van der Waals surface area contributed by atoms with Gasteiger partial charge < -0.3 is 15.0 Å². The minimum absolute atomic E-state index is 0.122. The van der Waals surface area contributed by atoms with Gasteiger partial charge in [-0.1, -0.05) is 6.07 Å². The maximum absolute atomic E-state index is 13.2. The van der Waals surface area contributed by atoms with Crippen LogP contribution >= 0.6 is 0 Å². The van der Waals surface area contributed by atoms with Gasteiger partial charge in [0.25, 0.3) is 0 Å². The molecule has 2 aromatic rings. The van der Waals surface area contributed by atoms with E-state index in [1.165, 1.54) is 12.1 Å². The lowest BCUT2D eigenvalue weighted by molar-refractivity contribution is -0.117. The molecule has 0 bridgehead atoms. The molecule has 0 unspecified atom stereocenters. The van der Waals surface area contributed by atoms with Gasteiger partial charge >= 0.3 is 0 Å². The van der Waals surface area contributed by atoms with E-state index in [0.29, 0.717) is 12.2 Å². The Morgan fingerprint density at radius 2 is 1.84 bits per heavy atom. The number of nitrogens with one attached hydrogen (secondary N) is 1. The molecule has 1 saturated heterocycles. The maximum Gasteiger partial charge on any atom is 0.238 e. The molecule has 1 N–H and O–H groups in total. The minimum atomic E-state index is -0.356. The van der Waals surface area contributed by atoms with Crippen LogP contribution in [-0.2, 0) is 4.79 Å². The second-order valence-electron chi connectivity index (χ2n) is 6.02. The number of rotatable bonds is 5. The minimum Gasteiger partial charge on any atom is -0.497 e. The molecule has 6 heteroatoms. The van der Waals surface area contributed by atoms with Crippen molar-refractivity contribution in [2.24, 2.45) is 0 Å². The molecule has 0 aliphatic carbocycles. The van der Waals surface area contributed by atoms with Crippen LogP contribution < -0.4 is 15.0 Å². The van der Waals surface area contributed by atoms with Crippen LogP contribution in [0.2, 0.25) is 0 Å². The number of hydrogen-bond donors (Lipinski definition) is 1. The summed E-state index contributed by atoms with van der Waals surface area (Å²) in [6, 6.07) is 13.9. The number of halogens is 1. The van der Waals surface area contributed by atoms with Crippen molar-refractivity contribution in [1.29, 1.82) is 0 Å². The third kappa shape index (κ3) is 4.70. The van der Waals surface area contributed by atoms with Crippen molar-refractivity contribution in [1.82, 2.24) is 4.90 Å². The third-order valence-corrected chi connectivity index (χ3v) is 4.29. The summed E-state index contributed by atoms with van der Waals surface area (Å²) in [5.41, 5.74) is 1.64. The summed E-state index contributed by atoms with van der Waals surface area (Å²) < 4.78 is 18.3. The maximum atomic E-state index is 13.2. The number of carbonyl (C=O) groups is 1. The molecule has 3 rings (SSSR count). The summed E-state index contributed by atoms with van der Waals surface area (Å²) in [6.07, 6.45) is 0. The topological polar surface area (TPSA) is 44.8 Å². The average Bonchev–Trinajstić information content (AvgIpc) is 2.62. The van der Waals surface area contributed by atoms with Crippen molar-refractivity contribution in [3.63, 3.8) is 0 Å². The van der Waals surface area contributed by atoms with E-state index >= 15 is 0 Å². The van der Waals surface area contributed by atoms with Crippen LogP contribution in [-0.4, -0.2) is 50.6 Å². The highest BCUT2D eigenvalue weighted by atomic mass is 19.1. The smallest absolute Gasteiger partial charge is 0.238 e. The zero-order valence-corrected chi connectivity index (χ0v) is 14.2. The Balaban J connectivity index is 1.47. The molecule has 0 spiro atoms. The number of benzene rings is 2. The molecule has 132 valence electrons. The van der Waals surface area contributed by atoms with E-state index in [0.717, 1.165) is 37.6 Å². The van der Waals surface area contributed by atoms with Crippen LogP contribution in [0.3, 0.4) is 0 Å². The van der Waals surface area contributed by atoms with Crippen LogP contribution in [0, 0.1) is 5.82 Å². The highest BCUT2D eigenvalue weighted by Crippen LogP contribution is 2.20. The summed E-state index contributed by atoms with van der Waals surface area (Å²) in [7, 11) is 1.66. The molecule has 1 amide bonds. The molecule has 5 nitrogen and oxygen atoms in total. The number of ether oxygens (including phenoxy) is 1. The number of amides is 1. The highest BCUT2D eigenvalue weighted by molar-refractivity contribution is 5.92. The number of carbonyl (C=O) groups excluding carboxylic acids is 1. The Kier molecular flexibility index (Phi) is 5.50. The number of anilines is 2. The molecular formula is C19H22FN3O2. The van der Waals surface area contributed by atoms with Gasteiger partial charge in [-0.2, -0.15) is 0 Å². The Labute approximate surface area is 147 Å². The van der Waals surface area contributed by atoms with Gasteiger partial charge in [0.1, 0.15) is 11.6 Å². The van der Waals surface area contributed by atoms with Crippen molar-refractivity contribution < 1.29 is 13.9 Å². The van der Waals surface area contributed by atoms with Gasteiger partial charge in [0, 0.05) is 37.6 Å². The summed E-state index contributed by atoms with van der Waals surface area (Å²) in [6.45, 7) is 3.65. The Hall–Kier alpha value is -2.60. The third-order valence-electron chi connectivity index (χ3n) is 4.29. The van der Waals surface area contributed by atoms with Gasteiger partial charge in [-0.05, 0) is 42.5 Å². The van der Waals surface area contributed by atoms with Gasteiger partial charge in [-0.15, -0.1) is 0 Å². The monoisotopic (exact) mass is 343 g/mol. The fourth-order valence-corrected chi connectivity index (χ4v) is 2.93. The van der Waals surface area contributed by atoms with Crippen LogP contribution in [0.1, 0.15) is 0 Å². The van der Waals surface area contributed by atoms with E-state index < -0.39 is 0 Å². The van der Waals surface area contributed by atoms with Crippen molar-refractivity contribution in [3.05, 3.63) is 54.3 Å². The molecule has 1 aliphatic heterocycles. The molecule has 1 aliphatic rings. The van der Waals surface area contributed by atoms with Crippen molar-refractivity contribution in [2.45, 2.75) is 0 Å². The summed E-state index contributed by atoms with van der Waals surface area (Å²) in [5.74, 6) is 0.366. The lowest BCUT2D eigenvalue weighted by Gasteiger charge is -2.35. The molecule has 2 aromatic carbocycles. The molecular weight excluding hydrogens is 321 g/mol. The number of piperazine rings is 1. The van der Waals surface area contributed by atoms with E-state index in [-0.39, 0.29) is 11.7 Å². The van der Waals surface area contributed by atoms with Crippen molar-refractivity contribution >= 4 is 17.3 Å². The Morgan fingerprint density at radius 1 is 1.12 bits per heavy atom. The summed E-state index contributed by atoms with van der Waals surface area (Å²) in [5, 5.41) is 2.74. The van der Waals surface area contributed by atoms with Crippen LogP contribution in [0.5, 0.6) is 5.75 Å². The lowest BCUT2D eigenvalue weighted by Crippen LogP contribution is -2.48. The van der Waals surface area contributed by atoms with Gasteiger partial charge in [0.05, 0.1) is 13.7 Å². The predicted molar refractivity (Wildman–Crippen MR) is 96.7 cm³/mol. The number of hydrogen-bond acceptors (Lipinski definition) is 4. The average molecular weight is 343 g/mol. The first-order valence-electron chi connectivity index (χ1n) is 8.31. The summed E-state index contributed by atoms with van der Waals surface area (Å²) in [4.78, 5) is 16.5. The summed E-state index contributed by atoms with van der Waals surface area (Å²) >= 11 is 0. The molecule has 1 heterocycles. The van der Waals surface area contributed by atoms with Crippen molar-refractivity contribution in [3.8, 4) is 5.75 Å². The van der Waals surface area contributed by atoms with Gasteiger partial charge in [-0.3, -0.25) is 9.69 Å². The standard InChI is InChI=1S/C19H22FN3O2/c1-25-18-7-5-17(6-8-18)23-11-9-22(10-12-23)14-19(24)21-16-4-2-3-15(20)13-16/h2-8,13H,9-12,14H2,1H3,(H,21,24). The molecule has 0 atom stereocenters. The zero-order valence-electron chi connectivity index (χ0n) is 14.2. The largest absolute Gasteiger partial charge is 0.497 e. The fourth-order valence-electron chi connectivity index (χ4n) is 2.93. The van der Waals surface area contributed by atoms with Crippen LogP contribution in [0.15, 0.2) is 48.5 Å². The highest BCUT2D eigenvalue weighted by Gasteiger charge is 2.19. The predicted octanol–water partition coefficient (Wildman–Crippen LogP) is 2.60. The fraction of sp³-hybridized carbons (Fsp3) is 0.316. The van der Waals surface area contributed by atoms with Crippen molar-refractivity contribution in [2.75, 3.05) is 50.1 Å². The lowest BCUT2D eigenvalue weighted by atomic mass is 10.2. The second kappa shape index (κ2) is 7.98. The van der Waals surface area contributed by atoms with Gasteiger partial charge in [0.15, 0.2) is 0 Å². The van der Waals surface area contributed by atoms with E-state index in [9.17, 15) is 9.18 Å². The number of nitrogens with zero attached hydrogens (tertiary/aromatic N) is 2. The van der Waals surface area contributed by atoms with E-state index in [1.807, 2.05) is 24.3 Å². The van der Waals surface area contributed by atoms with Crippen LogP contribution in [0.4, 0.5) is 15.8 Å².